The molecule has 0 bridgehead atoms. The number of rotatable bonds is 13. The fourth-order valence-corrected chi connectivity index (χ4v) is 10.9. The first-order valence-electron chi connectivity index (χ1n) is 24.3. The van der Waals surface area contributed by atoms with Gasteiger partial charge in [-0.3, -0.25) is 45.6 Å². The van der Waals surface area contributed by atoms with E-state index in [1.165, 1.54) is 33.4 Å². The summed E-state index contributed by atoms with van der Waals surface area (Å²) in [6.45, 7) is 1.64. The first-order valence-corrected chi connectivity index (χ1v) is 24.3. The Morgan fingerprint density at radius 2 is 0.859 bits per heavy atom. The molecule has 7 aromatic carbocycles. The molecular formula is C60H57N7O4. The van der Waals surface area contributed by atoms with Crippen molar-refractivity contribution in [2.75, 3.05) is 6.54 Å². The quantitative estimate of drug-likeness (QED) is 0.0653. The molecule has 356 valence electrons. The van der Waals surface area contributed by atoms with Gasteiger partial charge in [-0.2, -0.15) is 0 Å². The average Bonchev–Trinajstić information content (AvgIpc) is 4.16. The Kier molecular flexibility index (Phi) is 14.6. The summed E-state index contributed by atoms with van der Waals surface area (Å²) < 4.78 is 0. The third kappa shape index (κ3) is 10.5. The van der Waals surface area contributed by atoms with Crippen molar-refractivity contribution in [3.8, 4) is 0 Å². The van der Waals surface area contributed by atoms with Crippen molar-refractivity contribution in [2.24, 2.45) is 0 Å². The first-order chi connectivity index (χ1) is 34.9. The van der Waals surface area contributed by atoms with Gasteiger partial charge in [0.25, 0.3) is 0 Å². The molecule has 0 spiro atoms. The van der Waals surface area contributed by atoms with Crippen molar-refractivity contribution in [3.05, 3.63) is 291 Å². The molecule has 4 N–H and O–H groups in total. The molecule has 3 saturated heterocycles. The molecule has 0 amide bonds. The molecule has 11 heteroatoms. The van der Waals surface area contributed by atoms with Crippen LogP contribution in [0.25, 0.3) is 0 Å². The molecule has 0 saturated carbocycles. The van der Waals surface area contributed by atoms with E-state index in [0.29, 0.717) is 5.56 Å². The van der Waals surface area contributed by atoms with Crippen molar-refractivity contribution >= 4 is 5.97 Å². The van der Waals surface area contributed by atoms with E-state index in [4.69, 9.17) is 10.1 Å². The Balaban J connectivity index is 0.000000289. The predicted octanol–water partition coefficient (Wildman–Crippen LogP) is 10.7. The zero-order valence-corrected chi connectivity index (χ0v) is 39.2. The Morgan fingerprint density at radius 1 is 0.507 bits per heavy atom. The zero-order valence-electron chi connectivity index (χ0n) is 39.2. The second kappa shape index (κ2) is 22.0. The third-order valence-corrected chi connectivity index (χ3v) is 14.1. The summed E-state index contributed by atoms with van der Waals surface area (Å²) in [6.07, 6.45) is -0.251. The van der Waals surface area contributed by atoms with Crippen LogP contribution in [0.3, 0.4) is 0 Å². The maximum absolute atomic E-state index is 11.1. The summed E-state index contributed by atoms with van der Waals surface area (Å²) >= 11 is 0. The summed E-state index contributed by atoms with van der Waals surface area (Å²) in [5.41, 5.74) is 10.4. The minimum atomic E-state index is -1.05. The third-order valence-electron chi connectivity index (χ3n) is 14.1. The highest BCUT2D eigenvalue weighted by molar-refractivity contribution is 5.76. The number of hydrogen-bond donors (Lipinski definition) is 4. The molecule has 9 atom stereocenters. The number of nitrogens with zero attached hydrogens (tertiary/aromatic N) is 4. The van der Waals surface area contributed by atoms with E-state index in [2.05, 4.69) is 226 Å². The fourth-order valence-electron chi connectivity index (χ4n) is 10.9. The highest BCUT2D eigenvalue weighted by Crippen LogP contribution is 2.48. The number of carbonyl (C=O) groups is 1. The number of pyridine rings is 1. The first kappa shape index (κ1) is 47.1. The predicted molar refractivity (Wildman–Crippen MR) is 276 cm³/mol. The zero-order chi connectivity index (χ0) is 48.5. The lowest BCUT2D eigenvalue weighted by molar-refractivity contribution is -0.520. The number of nitro groups is 1. The normalized spacial score (nSPS) is 24.2. The molecule has 0 radical (unpaired) electrons. The summed E-state index contributed by atoms with van der Waals surface area (Å²) in [7, 11) is 0. The Hall–Kier alpha value is -7.64. The van der Waals surface area contributed by atoms with Crippen LogP contribution in [0, 0.1) is 10.1 Å². The highest BCUT2D eigenvalue weighted by atomic mass is 16.6. The summed E-state index contributed by atoms with van der Waals surface area (Å²) in [4.78, 5) is 32.4. The Labute approximate surface area is 415 Å². The van der Waals surface area contributed by atoms with E-state index in [1.54, 1.807) is 30.3 Å². The van der Waals surface area contributed by atoms with Crippen molar-refractivity contribution in [3.63, 3.8) is 0 Å². The molecule has 71 heavy (non-hydrogen) atoms. The van der Waals surface area contributed by atoms with Gasteiger partial charge in [-0.1, -0.05) is 218 Å². The van der Waals surface area contributed by atoms with E-state index in [1.807, 2.05) is 0 Å². The molecule has 4 heterocycles. The summed E-state index contributed by atoms with van der Waals surface area (Å²) in [5.74, 6) is -1.67. The van der Waals surface area contributed by atoms with Gasteiger partial charge in [0, 0.05) is 18.0 Å². The average molecular weight is 940 g/mol. The molecule has 3 unspecified atom stereocenters. The lowest BCUT2D eigenvalue weighted by Gasteiger charge is -2.32. The number of carboxylic acid groups (broad SMARTS) is 1. The van der Waals surface area contributed by atoms with Gasteiger partial charge in [-0.05, 0) is 51.1 Å². The van der Waals surface area contributed by atoms with Gasteiger partial charge in [-0.25, -0.2) is 0 Å². The molecule has 3 aliphatic heterocycles. The van der Waals surface area contributed by atoms with Crippen LogP contribution in [0.5, 0.6) is 0 Å². The van der Waals surface area contributed by atoms with Crippen LogP contribution in [0.15, 0.2) is 231 Å². The van der Waals surface area contributed by atoms with Gasteiger partial charge < -0.3 is 5.11 Å². The minimum Gasteiger partial charge on any atom is -0.480 e. The molecule has 11 rings (SSSR count). The van der Waals surface area contributed by atoms with Crippen molar-refractivity contribution in [2.45, 2.75) is 67.6 Å². The van der Waals surface area contributed by atoms with E-state index in [-0.39, 0.29) is 43.0 Å². The molecule has 3 aliphatic rings. The maximum Gasteiger partial charge on any atom is 0.321 e. The van der Waals surface area contributed by atoms with Crippen LogP contribution in [0.4, 0.5) is 0 Å². The smallest absolute Gasteiger partial charge is 0.321 e. The number of aliphatic carboxylic acids is 1. The van der Waals surface area contributed by atoms with Crippen LogP contribution in [0.2, 0.25) is 0 Å². The monoisotopic (exact) mass is 939 g/mol. The van der Waals surface area contributed by atoms with Crippen LogP contribution in [0.1, 0.15) is 92.7 Å². The van der Waals surface area contributed by atoms with E-state index < -0.39 is 28.9 Å². The second-order valence-electron chi connectivity index (χ2n) is 18.4. The molecule has 8 aromatic rings. The van der Waals surface area contributed by atoms with Gasteiger partial charge in [0.15, 0.2) is 0 Å². The molecule has 11 nitrogen and oxygen atoms in total. The lowest BCUT2D eigenvalue weighted by atomic mass is 9.89. The molecule has 1 aromatic heterocycles. The van der Waals surface area contributed by atoms with E-state index >= 15 is 0 Å². The van der Waals surface area contributed by atoms with Crippen molar-refractivity contribution in [1.29, 1.82) is 0 Å². The number of aromatic nitrogens is 1. The number of benzene rings is 7. The Bertz CT molecular complexity index is 2780. The Morgan fingerprint density at radius 3 is 1.23 bits per heavy atom. The van der Waals surface area contributed by atoms with Gasteiger partial charge in [0.2, 0.25) is 6.04 Å². The number of nitrogens with one attached hydrogen (secondary N) is 3. The van der Waals surface area contributed by atoms with E-state index in [0.717, 1.165) is 24.5 Å². The van der Waals surface area contributed by atoms with Gasteiger partial charge in [0.05, 0.1) is 48.0 Å². The number of carboxylic acids is 1. The standard InChI is InChI=1S/C49H45N5.C11H12N2O4/c1-7-20-36(21-8-1)34-53-46(40-28-15-5-16-29-40)44(38-24-11-3-12-25-38)51-48(53)42-32-19-33-43(50-42)49-52-45(39-26-13-4-14-27-39)47(41-30-17-6-18-31-41)54(49)35-37-22-9-2-10-23-37;14-11(15)10-9(7-4-2-1-3-5-7)8(6-12-10)13(16)17/h1-33,44-49,51-52H,34-35H2;1-5,8-10,12H,6H2,(H,14,15)/t44-,45-,46-,47-,48+,49+;/m0./s1. The van der Waals surface area contributed by atoms with Crippen LogP contribution in [-0.4, -0.2) is 49.4 Å². The minimum absolute atomic E-state index is 0.0666. The molecule has 0 aliphatic carbocycles. The summed E-state index contributed by atoms with van der Waals surface area (Å²) in [5, 5.41) is 30.9. The van der Waals surface area contributed by atoms with Crippen molar-refractivity contribution in [1.82, 2.24) is 30.7 Å². The maximum atomic E-state index is 11.1. The van der Waals surface area contributed by atoms with Crippen LogP contribution in [-0.2, 0) is 17.9 Å². The van der Waals surface area contributed by atoms with Crippen LogP contribution < -0.4 is 16.0 Å². The molecular weight excluding hydrogens is 883 g/mol. The topological polar surface area (TPSA) is 136 Å². The van der Waals surface area contributed by atoms with Gasteiger partial charge in [0.1, 0.15) is 18.4 Å². The van der Waals surface area contributed by atoms with Crippen LogP contribution >= 0.6 is 0 Å². The SMILES string of the molecule is O=C(O)C1NCC([N+](=O)[O-])C1c1ccccc1.c1ccc(CN2[C@H](c3cccc([C@@H]4N[C@@H](c5ccccc5)[C@H](c5ccccc5)N4Cc4ccccc4)n3)N[C@@H](c3ccccc3)[C@@H]2c2ccccc2)cc1. The van der Waals surface area contributed by atoms with E-state index in [9.17, 15) is 14.9 Å². The highest BCUT2D eigenvalue weighted by Gasteiger charge is 2.48. The number of hydrogen-bond acceptors (Lipinski definition) is 9. The summed E-state index contributed by atoms with van der Waals surface area (Å²) in [6, 6.07) is 79.2. The van der Waals surface area contributed by atoms with Crippen molar-refractivity contribution < 1.29 is 14.8 Å². The second-order valence-corrected chi connectivity index (χ2v) is 18.4. The molecule has 3 fully saturated rings. The fraction of sp³-hybridized carbons (Fsp3) is 0.200. The lowest BCUT2D eigenvalue weighted by Crippen LogP contribution is -2.35. The largest absolute Gasteiger partial charge is 0.480 e. The van der Waals surface area contributed by atoms with Gasteiger partial charge >= 0.3 is 5.97 Å². The van der Waals surface area contributed by atoms with Gasteiger partial charge in [-0.15, -0.1) is 0 Å².